The Morgan fingerprint density at radius 2 is 2.00 bits per heavy atom. The number of halogens is 1. The minimum Gasteiger partial charge on any atom is -0.465 e. The fraction of sp³-hybridized carbons (Fsp3) is 0.467. The molecule has 4 nitrogen and oxygen atoms in total. The second-order valence-electron chi connectivity index (χ2n) is 4.79. The van der Waals surface area contributed by atoms with E-state index >= 15 is 0 Å². The van der Waals surface area contributed by atoms with Gasteiger partial charge in [0.1, 0.15) is 6.54 Å². The summed E-state index contributed by atoms with van der Waals surface area (Å²) in [7, 11) is 0. The summed E-state index contributed by atoms with van der Waals surface area (Å²) in [4.78, 5) is 25.7. The largest absolute Gasteiger partial charge is 0.465 e. The van der Waals surface area contributed by atoms with Crippen LogP contribution in [0.4, 0.5) is 0 Å². The lowest BCUT2D eigenvalue weighted by Crippen LogP contribution is -2.41. The van der Waals surface area contributed by atoms with E-state index in [0.29, 0.717) is 12.2 Å². The lowest BCUT2D eigenvalue weighted by atomic mass is 10.1. The van der Waals surface area contributed by atoms with Crippen LogP contribution in [-0.2, 0) is 9.53 Å². The Bertz CT molecular complexity index is 500. The fourth-order valence-corrected chi connectivity index (χ4v) is 2.18. The number of hydrogen-bond acceptors (Lipinski definition) is 3. The van der Waals surface area contributed by atoms with Crippen molar-refractivity contribution in [1.82, 2.24) is 4.90 Å². The molecular weight excluding hydrogens is 322 g/mol. The van der Waals surface area contributed by atoms with Crippen molar-refractivity contribution >= 4 is 27.8 Å². The summed E-state index contributed by atoms with van der Waals surface area (Å²) in [5.41, 5.74) is 1.48. The average Bonchev–Trinajstić information content (AvgIpc) is 2.38. The van der Waals surface area contributed by atoms with E-state index in [9.17, 15) is 9.59 Å². The Labute approximate surface area is 128 Å². The summed E-state index contributed by atoms with van der Waals surface area (Å²) >= 11 is 3.36. The Hall–Kier alpha value is -1.36. The molecule has 0 bridgehead atoms. The molecule has 5 heteroatoms. The molecule has 0 heterocycles. The Kier molecular flexibility index (Phi) is 6.20. The van der Waals surface area contributed by atoms with Crippen LogP contribution in [0, 0.1) is 6.92 Å². The highest BCUT2D eigenvalue weighted by molar-refractivity contribution is 9.10. The van der Waals surface area contributed by atoms with E-state index in [1.165, 1.54) is 4.90 Å². The van der Waals surface area contributed by atoms with Gasteiger partial charge < -0.3 is 9.64 Å². The molecule has 1 aromatic rings. The standard InChI is InChI=1S/C15H20BrNO3/c1-5-20-14(18)9-17(10(2)3)15(19)13-8-12(16)7-6-11(13)4/h6-8,10H,5,9H2,1-4H3. The molecule has 20 heavy (non-hydrogen) atoms. The molecule has 1 aromatic carbocycles. The maximum atomic E-state index is 12.6. The van der Waals surface area contributed by atoms with Gasteiger partial charge in [-0.2, -0.15) is 0 Å². The molecule has 1 rings (SSSR count). The van der Waals surface area contributed by atoms with E-state index in [2.05, 4.69) is 15.9 Å². The minimum absolute atomic E-state index is 0.0315. The number of ether oxygens (including phenoxy) is 1. The normalized spacial score (nSPS) is 10.5. The van der Waals surface area contributed by atoms with Gasteiger partial charge in [0, 0.05) is 16.1 Å². The van der Waals surface area contributed by atoms with E-state index in [0.717, 1.165) is 10.0 Å². The first-order valence-corrected chi connectivity index (χ1v) is 7.38. The molecule has 0 radical (unpaired) electrons. The van der Waals surface area contributed by atoms with Gasteiger partial charge in [-0.1, -0.05) is 22.0 Å². The van der Waals surface area contributed by atoms with Crippen molar-refractivity contribution in [3.05, 3.63) is 33.8 Å². The van der Waals surface area contributed by atoms with Crippen molar-refractivity contribution in [3.63, 3.8) is 0 Å². The highest BCUT2D eigenvalue weighted by Gasteiger charge is 2.23. The zero-order valence-electron chi connectivity index (χ0n) is 12.3. The predicted molar refractivity (Wildman–Crippen MR) is 81.7 cm³/mol. The van der Waals surface area contributed by atoms with Gasteiger partial charge in [-0.05, 0) is 45.4 Å². The summed E-state index contributed by atoms with van der Waals surface area (Å²) in [6, 6.07) is 5.46. The van der Waals surface area contributed by atoms with Gasteiger partial charge in [0.2, 0.25) is 0 Å². The summed E-state index contributed by atoms with van der Waals surface area (Å²) in [5.74, 6) is -0.547. The van der Waals surface area contributed by atoms with Crippen molar-refractivity contribution < 1.29 is 14.3 Å². The molecule has 0 N–H and O–H groups in total. The summed E-state index contributed by atoms with van der Waals surface area (Å²) in [5, 5.41) is 0. The van der Waals surface area contributed by atoms with E-state index in [1.807, 2.05) is 32.9 Å². The van der Waals surface area contributed by atoms with Crippen molar-refractivity contribution in [3.8, 4) is 0 Å². The molecule has 0 aliphatic heterocycles. The first-order valence-electron chi connectivity index (χ1n) is 6.59. The maximum absolute atomic E-state index is 12.6. The molecule has 0 spiro atoms. The molecule has 110 valence electrons. The predicted octanol–water partition coefficient (Wildman–Crippen LogP) is 3.17. The van der Waals surface area contributed by atoms with Crippen molar-refractivity contribution in [2.24, 2.45) is 0 Å². The third kappa shape index (κ3) is 4.34. The highest BCUT2D eigenvalue weighted by atomic mass is 79.9. The highest BCUT2D eigenvalue weighted by Crippen LogP contribution is 2.19. The van der Waals surface area contributed by atoms with Crippen LogP contribution in [0.5, 0.6) is 0 Å². The third-order valence-electron chi connectivity index (χ3n) is 2.92. The van der Waals surface area contributed by atoms with E-state index < -0.39 is 0 Å². The number of hydrogen-bond donors (Lipinski definition) is 0. The van der Waals surface area contributed by atoms with Crippen LogP contribution in [0.3, 0.4) is 0 Å². The average molecular weight is 342 g/mol. The zero-order valence-corrected chi connectivity index (χ0v) is 13.9. The SMILES string of the molecule is CCOC(=O)CN(C(=O)c1cc(Br)ccc1C)C(C)C. The number of esters is 1. The lowest BCUT2D eigenvalue weighted by Gasteiger charge is -2.26. The lowest BCUT2D eigenvalue weighted by molar-refractivity contribution is -0.144. The molecule has 0 aliphatic rings. The number of aryl methyl sites for hydroxylation is 1. The van der Waals surface area contributed by atoms with Crippen LogP contribution < -0.4 is 0 Å². The van der Waals surface area contributed by atoms with Crippen LogP contribution in [-0.4, -0.2) is 36.0 Å². The van der Waals surface area contributed by atoms with Gasteiger partial charge in [0.25, 0.3) is 5.91 Å². The van der Waals surface area contributed by atoms with Crippen molar-refractivity contribution in [2.45, 2.75) is 33.7 Å². The van der Waals surface area contributed by atoms with Crippen LogP contribution in [0.1, 0.15) is 36.7 Å². The van der Waals surface area contributed by atoms with Gasteiger partial charge in [-0.25, -0.2) is 0 Å². The Balaban J connectivity index is 2.99. The van der Waals surface area contributed by atoms with Gasteiger partial charge in [-0.15, -0.1) is 0 Å². The van der Waals surface area contributed by atoms with Crippen LogP contribution >= 0.6 is 15.9 Å². The summed E-state index contributed by atoms with van der Waals surface area (Å²) in [6.07, 6.45) is 0. The summed E-state index contributed by atoms with van der Waals surface area (Å²) < 4.78 is 5.76. The monoisotopic (exact) mass is 341 g/mol. The van der Waals surface area contributed by atoms with E-state index in [4.69, 9.17) is 4.74 Å². The molecule has 0 aliphatic carbocycles. The molecule has 0 aromatic heterocycles. The molecule has 0 saturated heterocycles. The molecule has 0 unspecified atom stereocenters. The smallest absolute Gasteiger partial charge is 0.325 e. The quantitative estimate of drug-likeness (QED) is 0.772. The number of rotatable bonds is 5. The second-order valence-corrected chi connectivity index (χ2v) is 5.71. The second kappa shape index (κ2) is 7.43. The summed E-state index contributed by atoms with van der Waals surface area (Å²) in [6.45, 7) is 7.67. The topological polar surface area (TPSA) is 46.6 Å². The first-order chi connectivity index (χ1) is 9.36. The first kappa shape index (κ1) is 16.7. The van der Waals surface area contributed by atoms with Crippen LogP contribution in [0.2, 0.25) is 0 Å². The number of amides is 1. The minimum atomic E-state index is -0.387. The molecule has 0 atom stereocenters. The Morgan fingerprint density at radius 3 is 2.55 bits per heavy atom. The zero-order chi connectivity index (χ0) is 15.3. The Morgan fingerprint density at radius 1 is 1.35 bits per heavy atom. The van der Waals surface area contributed by atoms with Gasteiger partial charge >= 0.3 is 5.97 Å². The fourth-order valence-electron chi connectivity index (χ4n) is 1.81. The van der Waals surface area contributed by atoms with E-state index in [-0.39, 0.29) is 24.5 Å². The van der Waals surface area contributed by atoms with Gasteiger partial charge in [0.05, 0.1) is 6.61 Å². The van der Waals surface area contributed by atoms with Crippen LogP contribution in [0.15, 0.2) is 22.7 Å². The number of carbonyl (C=O) groups is 2. The van der Waals surface area contributed by atoms with E-state index in [1.54, 1.807) is 13.0 Å². The number of benzene rings is 1. The molecule has 0 fully saturated rings. The molecular formula is C15H20BrNO3. The van der Waals surface area contributed by atoms with Crippen LogP contribution in [0.25, 0.3) is 0 Å². The molecule has 0 saturated carbocycles. The molecule has 1 amide bonds. The van der Waals surface area contributed by atoms with Gasteiger partial charge in [0.15, 0.2) is 0 Å². The maximum Gasteiger partial charge on any atom is 0.325 e. The van der Waals surface area contributed by atoms with Crippen molar-refractivity contribution in [1.29, 1.82) is 0 Å². The number of carbonyl (C=O) groups excluding carboxylic acids is 2. The van der Waals surface area contributed by atoms with Crippen molar-refractivity contribution in [2.75, 3.05) is 13.2 Å². The van der Waals surface area contributed by atoms with Gasteiger partial charge in [-0.3, -0.25) is 9.59 Å². The third-order valence-corrected chi connectivity index (χ3v) is 3.41. The number of nitrogens with zero attached hydrogens (tertiary/aromatic N) is 1.